The Morgan fingerprint density at radius 3 is 2.90 bits per heavy atom. The second kappa shape index (κ2) is 6.41. The standard InChI is InChI=1S/C13H18N2O4S/c1-2-3-4-5-14-9-11(17)15-10(13(18)19)8(6-16)7-20-12(9)15/h6-7,9-10,12,14H,2-5H2,1H3,(H,18,19)/t9?,10?,12-/m0/s1. The number of carboxylic acids is 1. The van der Waals surface area contributed by atoms with Crippen molar-refractivity contribution in [2.24, 2.45) is 0 Å². The summed E-state index contributed by atoms with van der Waals surface area (Å²) in [5.41, 5.74) is 0.136. The van der Waals surface area contributed by atoms with Gasteiger partial charge in [-0.2, -0.15) is 0 Å². The van der Waals surface area contributed by atoms with Gasteiger partial charge in [0.1, 0.15) is 17.7 Å². The zero-order chi connectivity index (χ0) is 14.7. The second-order valence-corrected chi connectivity index (χ2v) is 5.88. The molecule has 20 heavy (non-hydrogen) atoms. The molecule has 0 spiro atoms. The zero-order valence-corrected chi connectivity index (χ0v) is 12.1. The minimum absolute atomic E-state index is 0.136. The molecular formula is C13H18N2O4S. The number of nitrogens with one attached hydrogen (secondary N) is 1. The van der Waals surface area contributed by atoms with Crippen molar-refractivity contribution in [1.82, 2.24) is 10.2 Å². The fraction of sp³-hybridized carbons (Fsp3) is 0.615. The number of amides is 1. The van der Waals surface area contributed by atoms with Gasteiger partial charge in [0.25, 0.3) is 0 Å². The maximum Gasteiger partial charge on any atom is 0.331 e. The first-order valence-corrected chi connectivity index (χ1v) is 7.65. The van der Waals surface area contributed by atoms with Gasteiger partial charge in [-0.25, -0.2) is 4.79 Å². The van der Waals surface area contributed by atoms with Crippen LogP contribution >= 0.6 is 11.8 Å². The summed E-state index contributed by atoms with van der Waals surface area (Å²) in [6.07, 6.45) is 3.71. The van der Waals surface area contributed by atoms with Gasteiger partial charge < -0.3 is 15.3 Å². The van der Waals surface area contributed by atoms with E-state index >= 15 is 0 Å². The number of β-lactam (4-membered cyclic amide) rings is 1. The van der Waals surface area contributed by atoms with Crippen molar-refractivity contribution >= 4 is 29.9 Å². The molecule has 2 heterocycles. The monoisotopic (exact) mass is 298 g/mol. The molecule has 0 saturated carbocycles. The summed E-state index contributed by atoms with van der Waals surface area (Å²) >= 11 is 1.33. The van der Waals surface area contributed by atoms with Crippen molar-refractivity contribution in [2.75, 3.05) is 6.54 Å². The average Bonchev–Trinajstić information content (AvgIpc) is 2.45. The van der Waals surface area contributed by atoms with Crippen LogP contribution in [0.1, 0.15) is 26.2 Å². The predicted molar refractivity (Wildman–Crippen MR) is 75.1 cm³/mol. The normalized spacial score (nSPS) is 28.4. The minimum atomic E-state index is -1.16. The highest BCUT2D eigenvalue weighted by molar-refractivity contribution is 8.03. The van der Waals surface area contributed by atoms with Gasteiger partial charge in [-0.15, -0.1) is 11.8 Å². The van der Waals surface area contributed by atoms with E-state index < -0.39 is 12.0 Å². The number of carbonyl (C=O) groups excluding carboxylic acids is 2. The maximum absolute atomic E-state index is 12.1. The van der Waals surface area contributed by atoms with Crippen LogP contribution in [-0.4, -0.2) is 52.2 Å². The molecule has 1 fully saturated rings. The lowest BCUT2D eigenvalue weighted by atomic mass is 9.98. The van der Waals surface area contributed by atoms with Crippen molar-refractivity contribution < 1.29 is 19.5 Å². The lowest BCUT2D eigenvalue weighted by Gasteiger charge is -2.51. The van der Waals surface area contributed by atoms with Crippen LogP contribution in [0.15, 0.2) is 11.0 Å². The van der Waals surface area contributed by atoms with Crippen molar-refractivity contribution in [3.63, 3.8) is 0 Å². The molecule has 2 rings (SSSR count). The number of hydrogen-bond donors (Lipinski definition) is 2. The van der Waals surface area contributed by atoms with Gasteiger partial charge in [-0.1, -0.05) is 19.8 Å². The molecule has 2 aliphatic rings. The molecule has 0 radical (unpaired) electrons. The van der Waals surface area contributed by atoms with Crippen LogP contribution in [0.25, 0.3) is 0 Å². The molecule has 2 N–H and O–H groups in total. The number of nitrogens with zero attached hydrogens (tertiary/aromatic N) is 1. The van der Waals surface area contributed by atoms with E-state index in [4.69, 9.17) is 0 Å². The summed E-state index contributed by atoms with van der Waals surface area (Å²) in [5, 5.41) is 13.7. The van der Waals surface area contributed by atoms with Crippen LogP contribution in [0.2, 0.25) is 0 Å². The maximum atomic E-state index is 12.1. The quantitative estimate of drug-likeness (QED) is 0.406. The highest BCUT2D eigenvalue weighted by atomic mass is 32.2. The van der Waals surface area contributed by atoms with Gasteiger partial charge in [0.2, 0.25) is 5.91 Å². The summed E-state index contributed by atoms with van der Waals surface area (Å²) in [7, 11) is 0. The number of fused-ring (bicyclic) bond motifs is 1. The molecule has 7 heteroatoms. The van der Waals surface area contributed by atoms with E-state index in [-0.39, 0.29) is 22.9 Å². The molecule has 0 aromatic rings. The van der Waals surface area contributed by atoms with Gasteiger partial charge in [-0.3, -0.25) is 9.59 Å². The highest BCUT2D eigenvalue weighted by Crippen LogP contribution is 2.39. The summed E-state index contributed by atoms with van der Waals surface area (Å²) in [4.78, 5) is 35.5. The van der Waals surface area contributed by atoms with Crippen LogP contribution in [0.5, 0.6) is 0 Å². The molecule has 1 saturated heterocycles. The van der Waals surface area contributed by atoms with Crippen molar-refractivity contribution in [3.8, 4) is 0 Å². The zero-order valence-electron chi connectivity index (χ0n) is 11.2. The molecule has 0 bridgehead atoms. The molecule has 2 unspecified atom stereocenters. The second-order valence-electron chi connectivity index (χ2n) is 4.89. The third kappa shape index (κ3) is 2.60. The Labute approximate surface area is 121 Å². The van der Waals surface area contributed by atoms with Gasteiger partial charge in [0.05, 0.1) is 0 Å². The molecule has 0 aromatic carbocycles. The van der Waals surface area contributed by atoms with Crippen LogP contribution < -0.4 is 5.32 Å². The first-order chi connectivity index (χ1) is 9.61. The van der Waals surface area contributed by atoms with E-state index in [2.05, 4.69) is 12.2 Å². The number of unbranched alkanes of at least 4 members (excludes halogenated alkanes) is 2. The molecule has 0 aromatic heterocycles. The molecular weight excluding hydrogens is 280 g/mol. The van der Waals surface area contributed by atoms with E-state index in [1.54, 1.807) is 5.41 Å². The Kier molecular flexibility index (Phi) is 4.82. The molecule has 0 aliphatic carbocycles. The van der Waals surface area contributed by atoms with E-state index in [1.807, 2.05) is 0 Å². The molecule has 6 nitrogen and oxygen atoms in total. The summed E-state index contributed by atoms with van der Waals surface area (Å²) in [5.74, 6) is -1.40. The number of aliphatic carboxylic acids is 1. The first kappa shape index (κ1) is 15.1. The average molecular weight is 298 g/mol. The Hall–Kier alpha value is -1.34. The fourth-order valence-corrected chi connectivity index (χ4v) is 3.66. The molecule has 110 valence electrons. The van der Waals surface area contributed by atoms with Crippen LogP contribution in [-0.2, 0) is 14.4 Å². The summed E-state index contributed by atoms with van der Waals surface area (Å²) in [6.45, 7) is 2.85. The van der Waals surface area contributed by atoms with Crippen molar-refractivity contribution in [3.05, 3.63) is 11.0 Å². The Morgan fingerprint density at radius 2 is 2.30 bits per heavy atom. The van der Waals surface area contributed by atoms with Crippen LogP contribution in [0, 0.1) is 0 Å². The smallest absolute Gasteiger partial charge is 0.331 e. The SMILES string of the molecule is CCCCCNC1C(=O)N2C(C(=O)O)C(C=O)=CS[C@@H]12. The number of carboxylic acid groups (broad SMARTS) is 1. The number of thioether (sulfide) groups is 1. The summed E-state index contributed by atoms with van der Waals surface area (Å²) in [6, 6.07) is -1.48. The number of carbonyl (C=O) groups is 3. The van der Waals surface area contributed by atoms with Crippen molar-refractivity contribution in [2.45, 2.75) is 43.6 Å². The molecule has 3 atom stereocenters. The van der Waals surface area contributed by atoms with Gasteiger partial charge in [-0.05, 0) is 18.4 Å². The van der Waals surface area contributed by atoms with Crippen LogP contribution in [0.4, 0.5) is 0 Å². The van der Waals surface area contributed by atoms with Gasteiger partial charge in [0.15, 0.2) is 6.04 Å². The Balaban J connectivity index is 2.01. The lowest BCUT2D eigenvalue weighted by molar-refractivity contribution is -0.159. The van der Waals surface area contributed by atoms with E-state index in [9.17, 15) is 19.5 Å². The lowest BCUT2D eigenvalue weighted by Crippen LogP contribution is -2.73. The van der Waals surface area contributed by atoms with E-state index in [0.717, 1.165) is 25.8 Å². The van der Waals surface area contributed by atoms with Crippen LogP contribution in [0.3, 0.4) is 0 Å². The number of rotatable bonds is 7. The number of aldehydes is 1. The highest BCUT2D eigenvalue weighted by Gasteiger charge is 2.54. The largest absolute Gasteiger partial charge is 0.479 e. The van der Waals surface area contributed by atoms with Gasteiger partial charge in [0, 0.05) is 5.57 Å². The third-order valence-corrected chi connectivity index (χ3v) is 4.72. The molecule has 1 amide bonds. The first-order valence-electron chi connectivity index (χ1n) is 6.71. The van der Waals surface area contributed by atoms with Gasteiger partial charge >= 0.3 is 5.97 Å². The molecule has 2 aliphatic heterocycles. The predicted octanol–water partition coefficient (Wildman–Crippen LogP) is 0.586. The Bertz CT molecular complexity index is 452. The van der Waals surface area contributed by atoms with E-state index in [0.29, 0.717) is 6.29 Å². The Morgan fingerprint density at radius 1 is 1.55 bits per heavy atom. The van der Waals surface area contributed by atoms with Crippen molar-refractivity contribution in [1.29, 1.82) is 0 Å². The third-order valence-electron chi connectivity index (χ3n) is 3.53. The fourth-order valence-electron chi connectivity index (χ4n) is 2.45. The summed E-state index contributed by atoms with van der Waals surface area (Å²) < 4.78 is 0. The number of hydrogen-bond acceptors (Lipinski definition) is 5. The van der Waals surface area contributed by atoms with E-state index in [1.165, 1.54) is 16.7 Å². The topological polar surface area (TPSA) is 86.7 Å². The minimum Gasteiger partial charge on any atom is -0.479 e.